The summed E-state index contributed by atoms with van der Waals surface area (Å²) in [6.07, 6.45) is 6.00. The molecule has 5 nitrogen and oxygen atoms in total. The van der Waals surface area contributed by atoms with Crippen LogP contribution in [0, 0.1) is 34.0 Å². The number of rotatable bonds is 3. The third-order valence-corrected chi connectivity index (χ3v) is 8.80. The monoisotopic (exact) mass is 561 g/mol. The summed E-state index contributed by atoms with van der Waals surface area (Å²) >= 11 is 0. The van der Waals surface area contributed by atoms with Gasteiger partial charge in [0.15, 0.2) is 0 Å². The lowest BCUT2D eigenvalue weighted by molar-refractivity contribution is 0.741. The third kappa shape index (κ3) is 3.69. The van der Waals surface area contributed by atoms with Gasteiger partial charge in [-0.15, -0.1) is 0 Å². The van der Waals surface area contributed by atoms with Gasteiger partial charge < -0.3 is 9.47 Å². The Labute approximate surface area is 254 Å². The van der Waals surface area contributed by atoms with E-state index in [9.17, 15) is 15.8 Å². The summed E-state index contributed by atoms with van der Waals surface area (Å²) in [6.45, 7) is 0. The molecule has 0 N–H and O–H groups in total. The summed E-state index contributed by atoms with van der Waals surface area (Å²) in [7, 11) is 0. The van der Waals surface area contributed by atoms with Gasteiger partial charge in [0.2, 0.25) is 0 Å². The van der Waals surface area contributed by atoms with E-state index in [4.69, 9.17) is 0 Å². The summed E-state index contributed by atoms with van der Waals surface area (Å²) in [6, 6.07) is 43.7. The molecular formula is C39H23N5. The number of hydrogen-bond acceptors (Lipinski definition) is 4. The number of anilines is 2. The largest absolute Gasteiger partial charge is 0.332 e. The molecular weight excluding hydrogens is 538 g/mol. The molecule has 0 amide bonds. The van der Waals surface area contributed by atoms with Gasteiger partial charge in [0.25, 0.3) is 0 Å². The Hall–Kier alpha value is -6.35. The van der Waals surface area contributed by atoms with E-state index in [1.165, 1.54) is 0 Å². The topological polar surface area (TPSA) is 79.5 Å². The fourth-order valence-corrected chi connectivity index (χ4v) is 6.93. The molecule has 1 aliphatic carbocycles. The Balaban J connectivity index is 1.40. The van der Waals surface area contributed by atoms with Crippen LogP contribution in [-0.2, 0) is 0 Å². The van der Waals surface area contributed by atoms with Gasteiger partial charge in [0, 0.05) is 39.2 Å². The first-order valence-corrected chi connectivity index (χ1v) is 14.5. The first-order chi connectivity index (χ1) is 21.7. The molecule has 0 saturated heterocycles. The molecule has 5 aromatic carbocycles. The smallest absolute Gasteiger partial charge is 0.101 e. The molecule has 0 saturated carbocycles. The summed E-state index contributed by atoms with van der Waals surface area (Å²) in [4.78, 5) is 2.25. The van der Waals surface area contributed by atoms with Gasteiger partial charge in [-0.2, -0.15) is 15.8 Å². The van der Waals surface area contributed by atoms with E-state index >= 15 is 0 Å². The van der Waals surface area contributed by atoms with Crippen LogP contribution in [0.1, 0.15) is 22.6 Å². The molecule has 2 heterocycles. The van der Waals surface area contributed by atoms with Crippen LogP contribution < -0.4 is 4.90 Å². The van der Waals surface area contributed by atoms with E-state index in [-0.39, 0.29) is 12.0 Å². The minimum Gasteiger partial charge on any atom is -0.332 e. The van der Waals surface area contributed by atoms with Crippen molar-refractivity contribution in [3.8, 4) is 35.0 Å². The molecule has 1 aromatic heterocycles. The second-order valence-corrected chi connectivity index (χ2v) is 11.1. The Morgan fingerprint density at radius 3 is 2.34 bits per heavy atom. The number of aromatic nitrogens is 1. The number of hydrogen-bond donors (Lipinski definition) is 0. The van der Waals surface area contributed by atoms with Crippen LogP contribution in [0.5, 0.6) is 0 Å². The van der Waals surface area contributed by atoms with Gasteiger partial charge in [0.1, 0.15) is 6.07 Å². The standard InChI is InChI=1S/C39H23N5/c40-22-25-7-5-9-29(19-25)43-36-14-4-2-10-31(36)33-12-6-11-30(39(33)43)27-16-17-32-34-20-26(23-41)15-18-37(34)44(38(32)21-27)35-13-3-1-8-28(35)24-42/h1-21,34,37H. The minimum atomic E-state index is -0.0530. The summed E-state index contributed by atoms with van der Waals surface area (Å²) in [5, 5.41) is 31.7. The predicted molar refractivity (Wildman–Crippen MR) is 174 cm³/mol. The van der Waals surface area contributed by atoms with Gasteiger partial charge >= 0.3 is 0 Å². The molecule has 5 heteroatoms. The summed E-state index contributed by atoms with van der Waals surface area (Å²) in [5.74, 6) is -0.0126. The van der Waals surface area contributed by atoms with Crippen LogP contribution in [0.4, 0.5) is 11.4 Å². The Kier molecular flexibility index (Phi) is 5.70. The van der Waals surface area contributed by atoms with Crippen LogP contribution in [0.25, 0.3) is 38.6 Å². The fourth-order valence-electron chi connectivity index (χ4n) is 6.93. The zero-order valence-electron chi connectivity index (χ0n) is 23.5. The first kappa shape index (κ1) is 25.4. The Morgan fingerprint density at radius 2 is 1.48 bits per heavy atom. The molecule has 0 bridgehead atoms. The number of benzene rings is 5. The van der Waals surface area contributed by atoms with Crippen molar-refractivity contribution in [2.24, 2.45) is 0 Å². The SMILES string of the molecule is N#CC1=CC2c3ccc(-c4cccc5c6ccccc6n(-c6cccc(C#N)c6)c45)cc3N(c3ccccc3C#N)C2C=C1. The highest BCUT2D eigenvalue weighted by Crippen LogP contribution is 2.50. The molecule has 2 aliphatic rings. The maximum Gasteiger partial charge on any atom is 0.101 e. The normalized spacial score (nSPS) is 16.6. The van der Waals surface area contributed by atoms with Gasteiger partial charge in [-0.3, -0.25) is 0 Å². The van der Waals surface area contributed by atoms with Crippen molar-refractivity contribution >= 4 is 33.2 Å². The maximum atomic E-state index is 10.0. The van der Waals surface area contributed by atoms with Crippen molar-refractivity contribution in [1.29, 1.82) is 15.8 Å². The van der Waals surface area contributed by atoms with E-state index in [0.29, 0.717) is 16.7 Å². The quantitative estimate of drug-likeness (QED) is 0.216. The molecule has 6 aromatic rings. The summed E-state index contributed by atoms with van der Waals surface area (Å²) in [5.41, 5.74) is 10.0. The molecule has 8 rings (SSSR count). The number of fused-ring (bicyclic) bond motifs is 6. The van der Waals surface area contributed by atoms with Crippen LogP contribution in [0.15, 0.2) is 133 Å². The predicted octanol–water partition coefficient (Wildman–Crippen LogP) is 8.82. The van der Waals surface area contributed by atoms with E-state index in [0.717, 1.165) is 55.6 Å². The molecule has 2 atom stereocenters. The van der Waals surface area contributed by atoms with E-state index in [1.807, 2.05) is 66.7 Å². The number of para-hydroxylation sites is 3. The first-order valence-electron chi connectivity index (χ1n) is 14.5. The fraction of sp³-hybridized carbons (Fsp3) is 0.0513. The Morgan fingerprint density at radius 1 is 0.659 bits per heavy atom. The molecule has 0 fully saturated rings. The highest BCUT2D eigenvalue weighted by molar-refractivity contribution is 6.14. The van der Waals surface area contributed by atoms with Crippen molar-refractivity contribution in [1.82, 2.24) is 4.57 Å². The third-order valence-electron chi connectivity index (χ3n) is 8.80. The Bertz CT molecular complexity index is 2350. The summed E-state index contributed by atoms with van der Waals surface area (Å²) < 4.78 is 2.25. The highest BCUT2D eigenvalue weighted by Gasteiger charge is 2.39. The molecule has 204 valence electrons. The zero-order valence-corrected chi connectivity index (χ0v) is 23.5. The van der Waals surface area contributed by atoms with Crippen molar-refractivity contribution in [2.45, 2.75) is 12.0 Å². The molecule has 0 radical (unpaired) electrons. The van der Waals surface area contributed by atoms with E-state index in [1.54, 1.807) is 0 Å². The second kappa shape index (κ2) is 9.88. The van der Waals surface area contributed by atoms with Crippen molar-refractivity contribution < 1.29 is 0 Å². The number of nitriles is 3. The van der Waals surface area contributed by atoms with Crippen LogP contribution in [0.3, 0.4) is 0 Å². The average Bonchev–Trinajstić information content (AvgIpc) is 3.60. The maximum absolute atomic E-state index is 10.0. The number of allylic oxidation sites excluding steroid dienone is 2. The zero-order chi connectivity index (χ0) is 29.8. The molecule has 1 aliphatic heterocycles. The second-order valence-electron chi connectivity index (χ2n) is 11.1. The minimum absolute atomic E-state index is 0.0126. The number of nitrogens with zero attached hydrogens (tertiary/aromatic N) is 5. The van der Waals surface area contributed by atoms with Crippen molar-refractivity contribution in [2.75, 3.05) is 4.90 Å². The van der Waals surface area contributed by atoms with Crippen LogP contribution >= 0.6 is 0 Å². The van der Waals surface area contributed by atoms with Gasteiger partial charge in [-0.25, -0.2) is 0 Å². The van der Waals surface area contributed by atoms with Gasteiger partial charge in [-0.05, 0) is 59.7 Å². The average molecular weight is 562 g/mol. The lowest BCUT2D eigenvalue weighted by Gasteiger charge is -2.29. The van der Waals surface area contributed by atoms with Crippen LogP contribution in [-0.4, -0.2) is 10.6 Å². The van der Waals surface area contributed by atoms with Crippen molar-refractivity contribution in [3.05, 3.63) is 150 Å². The van der Waals surface area contributed by atoms with E-state index in [2.05, 4.69) is 88.3 Å². The highest BCUT2D eigenvalue weighted by atomic mass is 15.2. The van der Waals surface area contributed by atoms with Gasteiger partial charge in [-0.1, -0.05) is 78.9 Å². The lowest BCUT2D eigenvalue weighted by Crippen LogP contribution is -2.29. The lowest BCUT2D eigenvalue weighted by atomic mass is 9.88. The van der Waals surface area contributed by atoms with Gasteiger partial charge in [0.05, 0.1) is 46.0 Å². The van der Waals surface area contributed by atoms with E-state index < -0.39 is 0 Å². The van der Waals surface area contributed by atoms with Crippen molar-refractivity contribution in [3.63, 3.8) is 0 Å². The van der Waals surface area contributed by atoms with Crippen LogP contribution in [0.2, 0.25) is 0 Å². The molecule has 44 heavy (non-hydrogen) atoms. The molecule has 2 unspecified atom stereocenters. The molecule has 0 spiro atoms.